The minimum absolute atomic E-state index is 0.0242. The van der Waals surface area contributed by atoms with Crippen molar-refractivity contribution >= 4 is 11.6 Å². The van der Waals surface area contributed by atoms with Gasteiger partial charge < -0.3 is 9.64 Å². The first kappa shape index (κ1) is 17.3. The molecule has 25 heavy (non-hydrogen) atoms. The summed E-state index contributed by atoms with van der Waals surface area (Å²) in [6.45, 7) is 1.09. The van der Waals surface area contributed by atoms with Crippen LogP contribution in [0.4, 0.5) is 18.9 Å². The summed E-state index contributed by atoms with van der Waals surface area (Å²) in [4.78, 5) is 18.3. The average molecular weight is 350 g/mol. The van der Waals surface area contributed by atoms with Gasteiger partial charge >= 0.3 is 6.18 Å². The van der Waals surface area contributed by atoms with Crippen LogP contribution >= 0.6 is 0 Å². The number of pyridine rings is 1. The van der Waals surface area contributed by atoms with Crippen molar-refractivity contribution in [1.29, 1.82) is 0 Å². The zero-order valence-electron chi connectivity index (χ0n) is 13.6. The van der Waals surface area contributed by atoms with Crippen molar-refractivity contribution < 1.29 is 22.7 Å². The van der Waals surface area contributed by atoms with Gasteiger partial charge in [-0.1, -0.05) is 25.1 Å². The lowest BCUT2D eigenvalue weighted by atomic mass is 9.91. The third-order valence-electron chi connectivity index (χ3n) is 4.16. The van der Waals surface area contributed by atoms with Crippen LogP contribution in [0, 0.1) is 0 Å². The molecule has 1 aromatic heterocycles. The van der Waals surface area contributed by atoms with Crippen molar-refractivity contribution in [2.24, 2.45) is 0 Å². The quantitative estimate of drug-likeness (QED) is 0.834. The number of alkyl halides is 3. The summed E-state index contributed by atoms with van der Waals surface area (Å²) < 4.78 is 42.0. The van der Waals surface area contributed by atoms with Crippen LogP contribution in [0.2, 0.25) is 0 Å². The highest BCUT2D eigenvalue weighted by atomic mass is 19.4. The number of carbonyl (C=O) groups excluding carboxylic acids is 1. The van der Waals surface area contributed by atoms with Crippen LogP contribution in [0.15, 0.2) is 42.6 Å². The number of aromatic nitrogens is 1. The first-order chi connectivity index (χ1) is 11.9. The molecule has 0 radical (unpaired) electrons. The van der Waals surface area contributed by atoms with Gasteiger partial charge in [-0.05, 0) is 36.1 Å². The van der Waals surface area contributed by atoms with Crippen LogP contribution in [0.5, 0.6) is 5.88 Å². The number of carbonyl (C=O) groups is 1. The second-order valence-electron chi connectivity index (χ2n) is 5.97. The van der Waals surface area contributed by atoms with E-state index in [1.54, 1.807) is 4.90 Å². The Morgan fingerprint density at radius 3 is 2.80 bits per heavy atom. The monoisotopic (exact) mass is 350 g/mol. The number of hydrogen-bond donors (Lipinski definition) is 0. The predicted molar refractivity (Wildman–Crippen MR) is 86.9 cm³/mol. The van der Waals surface area contributed by atoms with Crippen molar-refractivity contribution in [1.82, 2.24) is 4.98 Å². The summed E-state index contributed by atoms with van der Waals surface area (Å²) in [5.41, 5.74) is 1.84. The lowest BCUT2D eigenvalue weighted by molar-refractivity contribution is -0.154. The first-order valence-corrected chi connectivity index (χ1v) is 7.92. The Bertz CT molecular complexity index is 777. The van der Waals surface area contributed by atoms with Crippen molar-refractivity contribution in [3.63, 3.8) is 0 Å². The number of rotatable bonds is 3. The van der Waals surface area contributed by atoms with Gasteiger partial charge in [0.15, 0.2) is 6.61 Å². The molecule has 3 rings (SSSR count). The molecular formula is C18H17F3N2O2. The molecule has 0 unspecified atom stereocenters. The third kappa shape index (κ3) is 3.75. The number of ether oxygens (including phenoxy) is 1. The molecule has 2 aromatic rings. The number of fused-ring (bicyclic) bond motifs is 1. The molecule has 1 aliphatic rings. The van der Waals surface area contributed by atoms with E-state index in [1.807, 2.05) is 24.3 Å². The Balaban J connectivity index is 1.91. The van der Waals surface area contributed by atoms with E-state index in [-0.39, 0.29) is 11.4 Å². The summed E-state index contributed by atoms with van der Waals surface area (Å²) in [6.07, 6.45) is -2.42. The van der Waals surface area contributed by atoms with Gasteiger partial charge in [0.05, 0.1) is 0 Å². The summed E-state index contributed by atoms with van der Waals surface area (Å²) in [5.74, 6) is -0.402. The predicted octanol–water partition coefficient (Wildman–Crippen LogP) is 4.18. The van der Waals surface area contributed by atoms with Crippen LogP contribution in [-0.2, 0) is 0 Å². The molecule has 0 saturated carbocycles. The fourth-order valence-electron chi connectivity index (χ4n) is 2.92. The SMILES string of the molecule is C[C@@H]1CCN(C(=O)c2cccnc2OCC(F)(F)F)c2ccccc21. The van der Waals surface area contributed by atoms with Crippen molar-refractivity contribution in [2.75, 3.05) is 18.1 Å². The van der Waals surface area contributed by atoms with Crippen LogP contribution in [0.3, 0.4) is 0 Å². The summed E-state index contributed by atoms with van der Waals surface area (Å²) in [7, 11) is 0. The highest BCUT2D eigenvalue weighted by Crippen LogP contribution is 2.36. The molecule has 2 heterocycles. The molecule has 1 aromatic carbocycles. The van der Waals surface area contributed by atoms with E-state index in [9.17, 15) is 18.0 Å². The van der Waals surface area contributed by atoms with E-state index >= 15 is 0 Å². The number of para-hydroxylation sites is 1. The molecular weight excluding hydrogens is 333 g/mol. The standard InChI is InChI=1S/C18H17F3N2O2/c1-12-8-10-23(15-7-3-2-5-13(12)15)17(24)14-6-4-9-22-16(14)25-11-18(19,20)21/h2-7,9,12H,8,10-11H2,1H3/t12-/m1/s1. The van der Waals surface area contributed by atoms with Crippen molar-refractivity contribution in [3.8, 4) is 5.88 Å². The van der Waals surface area contributed by atoms with E-state index in [0.717, 1.165) is 17.7 Å². The molecule has 0 bridgehead atoms. The molecule has 0 N–H and O–H groups in total. The second kappa shape index (κ2) is 6.74. The fourth-order valence-corrected chi connectivity index (χ4v) is 2.92. The van der Waals surface area contributed by atoms with E-state index in [2.05, 4.69) is 11.9 Å². The molecule has 7 heteroatoms. The number of benzene rings is 1. The number of amides is 1. The van der Waals surface area contributed by atoms with Crippen LogP contribution in [0.25, 0.3) is 0 Å². The fraction of sp³-hybridized carbons (Fsp3) is 0.333. The number of anilines is 1. The smallest absolute Gasteiger partial charge is 0.422 e. The summed E-state index contributed by atoms with van der Waals surface area (Å²) in [6, 6.07) is 10.5. The zero-order valence-corrected chi connectivity index (χ0v) is 13.6. The minimum atomic E-state index is -4.50. The van der Waals surface area contributed by atoms with E-state index in [0.29, 0.717) is 12.5 Å². The molecule has 0 fully saturated rings. The van der Waals surface area contributed by atoms with Crippen LogP contribution in [0.1, 0.15) is 35.2 Å². The largest absolute Gasteiger partial charge is 0.467 e. The van der Waals surface area contributed by atoms with Gasteiger partial charge in [0, 0.05) is 18.4 Å². The number of halogens is 3. The summed E-state index contributed by atoms with van der Waals surface area (Å²) >= 11 is 0. The van der Waals surface area contributed by atoms with Crippen molar-refractivity contribution in [3.05, 3.63) is 53.7 Å². The molecule has 1 aliphatic heterocycles. The molecule has 1 amide bonds. The van der Waals surface area contributed by atoms with E-state index < -0.39 is 18.7 Å². The zero-order chi connectivity index (χ0) is 18.0. The Hall–Kier alpha value is -2.57. The third-order valence-corrected chi connectivity index (χ3v) is 4.16. The second-order valence-corrected chi connectivity index (χ2v) is 5.97. The molecule has 132 valence electrons. The first-order valence-electron chi connectivity index (χ1n) is 7.92. The Morgan fingerprint density at radius 1 is 1.28 bits per heavy atom. The van der Waals surface area contributed by atoms with Gasteiger partial charge in [-0.15, -0.1) is 0 Å². The average Bonchev–Trinajstić information content (AvgIpc) is 2.60. The maximum atomic E-state index is 12.9. The van der Waals surface area contributed by atoms with Crippen LogP contribution < -0.4 is 9.64 Å². The highest BCUT2D eigenvalue weighted by molar-refractivity contribution is 6.08. The highest BCUT2D eigenvalue weighted by Gasteiger charge is 2.32. The maximum absolute atomic E-state index is 12.9. The van der Waals surface area contributed by atoms with E-state index in [4.69, 9.17) is 4.74 Å². The molecule has 4 nitrogen and oxygen atoms in total. The van der Waals surface area contributed by atoms with Gasteiger partial charge in [0.25, 0.3) is 5.91 Å². The lowest BCUT2D eigenvalue weighted by Gasteiger charge is -2.33. The number of hydrogen-bond acceptors (Lipinski definition) is 3. The van der Waals surface area contributed by atoms with Crippen LogP contribution in [-0.4, -0.2) is 30.2 Å². The lowest BCUT2D eigenvalue weighted by Crippen LogP contribution is -2.36. The van der Waals surface area contributed by atoms with Crippen molar-refractivity contribution in [2.45, 2.75) is 25.4 Å². The normalized spacial score (nSPS) is 17.1. The topological polar surface area (TPSA) is 42.4 Å². The Morgan fingerprint density at radius 2 is 2.04 bits per heavy atom. The minimum Gasteiger partial charge on any atom is -0.467 e. The van der Waals surface area contributed by atoms with Gasteiger partial charge in [-0.25, -0.2) is 4.98 Å². The Kier molecular flexibility index (Phi) is 4.65. The van der Waals surface area contributed by atoms with Gasteiger partial charge in [0.1, 0.15) is 5.56 Å². The number of nitrogens with zero attached hydrogens (tertiary/aromatic N) is 2. The van der Waals surface area contributed by atoms with E-state index in [1.165, 1.54) is 18.3 Å². The summed E-state index contributed by atoms with van der Waals surface area (Å²) in [5, 5.41) is 0. The molecule has 0 saturated heterocycles. The van der Waals surface area contributed by atoms with Gasteiger partial charge in [-0.2, -0.15) is 13.2 Å². The van der Waals surface area contributed by atoms with Gasteiger partial charge in [-0.3, -0.25) is 4.79 Å². The molecule has 0 spiro atoms. The maximum Gasteiger partial charge on any atom is 0.422 e. The molecule has 0 aliphatic carbocycles. The van der Waals surface area contributed by atoms with Gasteiger partial charge in [0.2, 0.25) is 5.88 Å². The molecule has 1 atom stereocenters. The Labute approximate surface area is 143 Å².